The number of pyridine rings is 1. The second kappa shape index (κ2) is 18.6. The number of cyclic esters (lactones) is 1. The van der Waals surface area contributed by atoms with Crippen LogP contribution in [0.4, 0.5) is 4.79 Å². The van der Waals surface area contributed by atoms with Crippen LogP contribution in [0.2, 0.25) is 0 Å². The van der Waals surface area contributed by atoms with Crippen molar-refractivity contribution in [2.24, 2.45) is 23.7 Å². The molecule has 2 aromatic heterocycles. The van der Waals surface area contributed by atoms with Crippen LogP contribution in [-0.4, -0.2) is 140 Å². The minimum atomic E-state index is -1.41. The van der Waals surface area contributed by atoms with Gasteiger partial charge < -0.3 is 38.6 Å². The van der Waals surface area contributed by atoms with Crippen molar-refractivity contribution in [1.82, 2.24) is 29.8 Å². The summed E-state index contributed by atoms with van der Waals surface area (Å²) < 4.78 is 32.9. The van der Waals surface area contributed by atoms with E-state index < -0.39 is 83.4 Å². The summed E-state index contributed by atoms with van der Waals surface area (Å²) in [6.45, 7) is 14.7. The summed E-state index contributed by atoms with van der Waals surface area (Å²) in [4.78, 5) is 64.6. The molecule has 3 saturated heterocycles. The first-order valence-electron chi connectivity index (χ1n) is 20.7. The Hall–Kier alpha value is -3.83. The number of aliphatic hydroxyl groups excluding tert-OH is 1. The maximum atomic E-state index is 14.7. The average molecular weight is 813 g/mol. The normalized spacial score (nSPS) is 36.7. The van der Waals surface area contributed by atoms with Crippen LogP contribution in [-0.2, 0) is 44.6 Å². The van der Waals surface area contributed by atoms with Gasteiger partial charge in [-0.05, 0) is 86.0 Å². The van der Waals surface area contributed by atoms with Crippen molar-refractivity contribution in [2.75, 3.05) is 27.7 Å². The minimum Gasteiger partial charge on any atom is -0.458 e. The molecule has 3 fully saturated rings. The molecule has 16 heteroatoms. The zero-order valence-electron chi connectivity index (χ0n) is 36.0. The third-order valence-corrected chi connectivity index (χ3v) is 12.7. The van der Waals surface area contributed by atoms with Crippen LogP contribution in [0.25, 0.3) is 11.4 Å². The number of rotatable bonds is 11. The van der Waals surface area contributed by atoms with Crippen LogP contribution < -0.4 is 0 Å². The summed E-state index contributed by atoms with van der Waals surface area (Å²) in [6.07, 6.45) is 0.596. The zero-order chi connectivity index (χ0) is 42.7. The summed E-state index contributed by atoms with van der Waals surface area (Å²) in [5, 5.41) is 19.9. The van der Waals surface area contributed by atoms with E-state index in [0.29, 0.717) is 37.2 Å². The summed E-state index contributed by atoms with van der Waals surface area (Å²) in [6, 6.07) is 4.49. The number of amides is 1. The van der Waals surface area contributed by atoms with Crippen molar-refractivity contribution in [2.45, 2.75) is 148 Å². The zero-order valence-corrected chi connectivity index (χ0v) is 36.0. The van der Waals surface area contributed by atoms with E-state index in [1.165, 1.54) is 14.0 Å². The van der Waals surface area contributed by atoms with Gasteiger partial charge in [-0.1, -0.05) is 39.0 Å². The van der Waals surface area contributed by atoms with Gasteiger partial charge >= 0.3 is 12.1 Å². The highest BCUT2D eigenvalue weighted by Crippen LogP contribution is 2.43. The summed E-state index contributed by atoms with van der Waals surface area (Å²) in [7, 11) is 5.23. The Morgan fingerprint density at radius 3 is 2.33 bits per heavy atom. The molecule has 5 rings (SSSR count). The van der Waals surface area contributed by atoms with Crippen molar-refractivity contribution in [3.63, 3.8) is 0 Å². The SMILES string of the molecule is CC[C@H]1OC(=O)[C@H](C)C(=O)[C@H](C)[C@@H](O[C@@H]2O[C@H](C)C[C@H](N(C)C)[C@H]2O)[C@](C)(OC)C[C@@H](C)C(=O)[C@H](C)C2N(CCCCn3cc(-c4ccccn4)nn3)C(=O)O[C@@]21C. The van der Waals surface area contributed by atoms with Gasteiger partial charge in [0.15, 0.2) is 17.7 Å². The second-order valence-corrected chi connectivity index (χ2v) is 17.2. The van der Waals surface area contributed by atoms with E-state index in [2.05, 4.69) is 15.3 Å². The fourth-order valence-corrected chi connectivity index (χ4v) is 9.30. The number of carbonyl (C=O) groups is 4. The van der Waals surface area contributed by atoms with Crippen LogP contribution in [0, 0.1) is 23.7 Å². The molecule has 58 heavy (non-hydrogen) atoms. The smallest absolute Gasteiger partial charge is 0.410 e. The molecule has 0 aromatic carbocycles. The predicted molar refractivity (Wildman–Crippen MR) is 212 cm³/mol. The number of ether oxygens (including phenoxy) is 5. The topological polar surface area (TPSA) is 185 Å². The number of aliphatic hydroxyl groups is 1. The molecule has 1 N–H and O–H groups in total. The number of fused-ring (bicyclic) bond motifs is 1. The van der Waals surface area contributed by atoms with E-state index in [4.69, 9.17) is 23.7 Å². The van der Waals surface area contributed by atoms with Crippen LogP contribution >= 0.6 is 0 Å². The van der Waals surface area contributed by atoms with Crippen molar-refractivity contribution in [1.29, 1.82) is 0 Å². The van der Waals surface area contributed by atoms with Gasteiger partial charge in [-0.25, -0.2) is 4.79 Å². The van der Waals surface area contributed by atoms with Crippen molar-refractivity contribution in [3.8, 4) is 11.4 Å². The molecular weight excluding hydrogens is 748 g/mol. The van der Waals surface area contributed by atoms with Crippen LogP contribution in [0.15, 0.2) is 30.6 Å². The molecule has 0 aliphatic carbocycles. The van der Waals surface area contributed by atoms with Crippen LogP contribution in [0.5, 0.6) is 0 Å². The van der Waals surface area contributed by atoms with E-state index in [0.717, 1.165) is 0 Å². The number of methoxy groups -OCH3 is 1. The van der Waals surface area contributed by atoms with Crippen LogP contribution in [0.1, 0.15) is 87.5 Å². The fraction of sp³-hybridized carbons (Fsp3) is 0.738. The number of ketones is 2. The van der Waals surface area contributed by atoms with Gasteiger partial charge in [0.2, 0.25) is 0 Å². The van der Waals surface area contributed by atoms with Gasteiger partial charge in [-0.3, -0.25) is 24.0 Å². The number of hydrogen-bond donors (Lipinski definition) is 1. The monoisotopic (exact) mass is 812 g/mol. The highest BCUT2D eigenvalue weighted by molar-refractivity contribution is 6.00. The predicted octanol–water partition coefficient (Wildman–Crippen LogP) is 4.32. The molecule has 5 heterocycles. The molecule has 16 nitrogen and oxygen atoms in total. The Balaban J connectivity index is 1.43. The van der Waals surface area contributed by atoms with E-state index in [1.807, 2.05) is 57.2 Å². The molecule has 0 radical (unpaired) electrons. The Labute approximate surface area is 342 Å². The first-order chi connectivity index (χ1) is 27.4. The lowest BCUT2D eigenvalue weighted by Gasteiger charge is -2.47. The minimum absolute atomic E-state index is 0.122. The van der Waals surface area contributed by atoms with Gasteiger partial charge in [0.05, 0.1) is 35.7 Å². The van der Waals surface area contributed by atoms with Crippen molar-refractivity contribution in [3.05, 3.63) is 30.6 Å². The lowest BCUT2D eigenvalue weighted by Crippen LogP contribution is -2.60. The molecule has 0 bridgehead atoms. The largest absolute Gasteiger partial charge is 0.458 e. The van der Waals surface area contributed by atoms with Gasteiger partial charge in [-0.15, -0.1) is 5.10 Å². The Morgan fingerprint density at radius 2 is 1.69 bits per heavy atom. The molecule has 0 spiro atoms. The number of esters is 1. The number of likely N-dealkylation sites (N-methyl/N-ethyl adjacent to an activating group) is 1. The maximum absolute atomic E-state index is 14.7. The third-order valence-electron chi connectivity index (χ3n) is 12.7. The van der Waals surface area contributed by atoms with Gasteiger partial charge in [0.1, 0.15) is 29.6 Å². The van der Waals surface area contributed by atoms with Gasteiger partial charge in [0.25, 0.3) is 0 Å². The molecule has 0 saturated carbocycles. The molecule has 3 aliphatic rings. The lowest BCUT2D eigenvalue weighted by atomic mass is 9.73. The van der Waals surface area contributed by atoms with Crippen LogP contribution in [0.3, 0.4) is 0 Å². The number of aryl methyl sites for hydroxylation is 1. The molecule has 322 valence electrons. The maximum Gasteiger partial charge on any atom is 0.410 e. The molecule has 1 amide bonds. The number of carbonyl (C=O) groups excluding carboxylic acids is 4. The summed E-state index contributed by atoms with van der Waals surface area (Å²) in [5.41, 5.74) is -1.32. The highest BCUT2D eigenvalue weighted by Gasteiger charge is 2.60. The van der Waals surface area contributed by atoms with Gasteiger partial charge in [0, 0.05) is 50.2 Å². The first kappa shape index (κ1) is 45.3. The number of nitrogens with zero attached hydrogens (tertiary/aromatic N) is 6. The molecule has 13 atom stereocenters. The third kappa shape index (κ3) is 9.30. The molecule has 2 aromatic rings. The fourth-order valence-electron chi connectivity index (χ4n) is 9.30. The first-order valence-corrected chi connectivity index (χ1v) is 20.7. The molecule has 1 unspecified atom stereocenters. The molecule has 3 aliphatic heterocycles. The summed E-state index contributed by atoms with van der Waals surface area (Å²) in [5.74, 6) is -5.01. The Bertz CT molecular complexity index is 1740. The number of unbranched alkanes of at least 4 members (excludes halogenated alkanes) is 1. The average Bonchev–Trinajstić information content (AvgIpc) is 3.78. The summed E-state index contributed by atoms with van der Waals surface area (Å²) >= 11 is 0. The molecular formula is C42H64N6O10. The van der Waals surface area contributed by atoms with E-state index >= 15 is 0 Å². The Kier molecular flexibility index (Phi) is 14.5. The van der Waals surface area contributed by atoms with E-state index in [-0.39, 0.29) is 37.3 Å². The van der Waals surface area contributed by atoms with E-state index in [1.54, 1.807) is 50.4 Å². The Morgan fingerprint density at radius 1 is 0.983 bits per heavy atom. The van der Waals surface area contributed by atoms with Crippen molar-refractivity contribution < 1.29 is 48.0 Å². The lowest BCUT2D eigenvalue weighted by molar-refractivity contribution is -0.295. The highest BCUT2D eigenvalue weighted by atomic mass is 16.7. The standard InChI is InChI=1S/C42H64N6O10/c1-12-32-42(8)36(48(40(53)58-42)20-16-15-19-47-23-30(44-45-47)29-17-13-14-18-43-29)26(4)33(49)24(2)22-41(7,54-11)37(27(5)34(50)28(6)38(52)56-32)57-39-35(51)31(46(9)10)21-25(3)55-39/h13-14,17-18,23-28,31-32,35-37,39,51H,12,15-16,19-22H2,1-11H3/t24-,25-,26+,27+,28-,31+,32-,35-,36?,37-,39+,41-,42-/m1/s1. The quantitative estimate of drug-likeness (QED) is 0.192. The number of aromatic nitrogens is 4. The van der Waals surface area contributed by atoms with Crippen molar-refractivity contribution >= 4 is 23.6 Å². The van der Waals surface area contributed by atoms with Gasteiger partial charge in [-0.2, -0.15) is 0 Å². The number of Topliss-reactive ketones (excluding diaryl/α,β-unsaturated/α-hetero) is 2. The number of hydrogen-bond acceptors (Lipinski definition) is 14. The second-order valence-electron chi connectivity index (χ2n) is 17.2. The van der Waals surface area contributed by atoms with E-state index in [9.17, 15) is 24.3 Å².